The van der Waals surface area contributed by atoms with Crippen molar-refractivity contribution in [1.29, 1.82) is 0 Å². The zero-order chi connectivity index (χ0) is 17.8. The Kier molecular flexibility index (Phi) is 5.72. The van der Waals surface area contributed by atoms with Crippen LogP contribution in [0, 0.1) is 0 Å². The Morgan fingerprint density at radius 3 is 2.80 bits per heavy atom. The highest BCUT2D eigenvalue weighted by Crippen LogP contribution is 2.20. The van der Waals surface area contributed by atoms with E-state index in [1.807, 2.05) is 12.1 Å². The Hall–Kier alpha value is -1.90. The molecule has 0 aliphatic carbocycles. The van der Waals surface area contributed by atoms with E-state index in [4.69, 9.17) is 9.76 Å². The summed E-state index contributed by atoms with van der Waals surface area (Å²) < 4.78 is 5.48. The summed E-state index contributed by atoms with van der Waals surface area (Å²) in [5.74, 6) is -1.75. The normalized spacial score (nSPS) is 23.5. The van der Waals surface area contributed by atoms with Gasteiger partial charge in [-0.25, -0.2) is 0 Å². The van der Waals surface area contributed by atoms with Crippen LogP contribution >= 0.6 is 0 Å². The lowest BCUT2D eigenvalue weighted by Gasteiger charge is -2.27. The molecule has 25 heavy (non-hydrogen) atoms. The van der Waals surface area contributed by atoms with Gasteiger partial charge in [0.05, 0.1) is 18.5 Å². The summed E-state index contributed by atoms with van der Waals surface area (Å²) in [5, 5.41) is 25.3. The van der Waals surface area contributed by atoms with Gasteiger partial charge in [0.15, 0.2) is 0 Å². The van der Waals surface area contributed by atoms with Crippen LogP contribution < -0.4 is 10.6 Å². The van der Waals surface area contributed by atoms with Crippen molar-refractivity contribution in [3.63, 3.8) is 0 Å². The molecule has 7 nitrogen and oxygen atoms in total. The number of nitrogens with one attached hydrogen (secondary N) is 2. The number of amides is 1. The van der Waals surface area contributed by atoms with Gasteiger partial charge < -0.3 is 25.4 Å². The maximum atomic E-state index is 12.5. The highest BCUT2D eigenvalue weighted by Gasteiger charge is 2.33. The van der Waals surface area contributed by atoms with Crippen LogP contribution in [0.3, 0.4) is 0 Å². The molecule has 2 atom stereocenters. The van der Waals surface area contributed by atoms with Crippen LogP contribution in [0.1, 0.15) is 53.6 Å². The fraction of sp³-hybridized carbons (Fsp3) is 0.529. The molecule has 8 heteroatoms. The van der Waals surface area contributed by atoms with Crippen LogP contribution in [0.2, 0.25) is 0 Å². The number of hydrogen-bond acceptors (Lipinski definition) is 5. The van der Waals surface area contributed by atoms with Gasteiger partial charge >= 0.3 is 13.1 Å². The van der Waals surface area contributed by atoms with Crippen molar-refractivity contribution in [3.05, 3.63) is 34.9 Å². The highest BCUT2D eigenvalue weighted by atomic mass is 16.5. The average Bonchev–Trinajstić information content (AvgIpc) is 3.02. The summed E-state index contributed by atoms with van der Waals surface area (Å²) in [6, 6.07) is 5.59. The first-order valence-electron chi connectivity index (χ1n) is 8.71. The number of carbonyl (C=O) groups is 2. The smallest absolute Gasteiger partial charge is 0.478 e. The van der Waals surface area contributed by atoms with Gasteiger partial charge in [0.1, 0.15) is 0 Å². The zero-order valence-corrected chi connectivity index (χ0v) is 14.0. The molecule has 4 N–H and O–H groups in total. The van der Waals surface area contributed by atoms with Gasteiger partial charge in [-0.2, -0.15) is 0 Å². The minimum Gasteiger partial charge on any atom is -0.481 e. The standard InChI is InChI=1S/C17H23BN2O5/c21-16(22)8-14-3-1-2-4-15(18(24)25-14)20-17(23)11-5-6-12-9-19-10-13(12)7-11/h5-7,14-15,19,24H,1-4,8-10H2,(H,20,23)(H,21,22)/t14-,15-/m0/s1. The summed E-state index contributed by atoms with van der Waals surface area (Å²) in [5.41, 5.74) is 2.87. The average molecular weight is 346 g/mol. The first-order chi connectivity index (χ1) is 12.0. The van der Waals surface area contributed by atoms with Gasteiger partial charge in [0, 0.05) is 18.7 Å². The van der Waals surface area contributed by atoms with Crippen molar-refractivity contribution in [2.24, 2.45) is 0 Å². The molecule has 2 heterocycles. The quantitative estimate of drug-likeness (QED) is 0.602. The van der Waals surface area contributed by atoms with E-state index < -0.39 is 25.1 Å². The Bertz CT molecular complexity index is 654. The molecule has 0 bridgehead atoms. The molecule has 3 rings (SSSR count). The number of carbonyl (C=O) groups excluding carboxylic acids is 1. The predicted octanol–water partition coefficient (Wildman–Crippen LogP) is 0.842. The van der Waals surface area contributed by atoms with Crippen molar-refractivity contribution in [3.8, 4) is 0 Å². The monoisotopic (exact) mass is 346 g/mol. The maximum Gasteiger partial charge on any atom is 0.478 e. The van der Waals surface area contributed by atoms with Crippen molar-refractivity contribution in [1.82, 2.24) is 10.6 Å². The van der Waals surface area contributed by atoms with E-state index in [1.54, 1.807) is 6.07 Å². The van der Waals surface area contributed by atoms with Crippen molar-refractivity contribution >= 4 is 19.0 Å². The van der Waals surface area contributed by atoms with Gasteiger partial charge in [-0.3, -0.25) is 9.59 Å². The molecule has 2 aliphatic heterocycles. The van der Waals surface area contributed by atoms with E-state index >= 15 is 0 Å². The van der Waals surface area contributed by atoms with E-state index in [1.165, 1.54) is 5.56 Å². The van der Waals surface area contributed by atoms with Gasteiger partial charge in [-0.1, -0.05) is 18.9 Å². The number of carboxylic acid groups (broad SMARTS) is 1. The van der Waals surface area contributed by atoms with Gasteiger partial charge in [-0.05, 0) is 36.1 Å². The van der Waals surface area contributed by atoms with Crippen LogP contribution in [0.4, 0.5) is 0 Å². The van der Waals surface area contributed by atoms with Gasteiger partial charge in [0.25, 0.3) is 5.91 Å². The van der Waals surface area contributed by atoms with E-state index in [-0.39, 0.29) is 12.3 Å². The lowest BCUT2D eigenvalue weighted by molar-refractivity contribution is -0.139. The molecule has 0 radical (unpaired) electrons. The third-order valence-electron chi connectivity index (χ3n) is 4.79. The number of benzene rings is 1. The fourth-order valence-electron chi connectivity index (χ4n) is 3.42. The second kappa shape index (κ2) is 7.99. The van der Waals surface area contributed by atoms with E-state index in [0.717, 1.165) is 31.5 Å². The third-order valence-corrected chi connectivity index (χ3v) is 4.79. The Morgan fingerprint density at radius 1 is 1.24 bits per heavy atom. The largest absolute Gasteiger partial charge is 0.481 e. The maximum absolute atomic E-state index is 12.5. The number of aliphatic carboxylic acids is 1. The minimum absolute atomic E-state index is 0.143. The minimum atomic E-state index is -1.20. The fourth-order valence-corrected chi connectivity index (χ4v) is 3.42. The molecule has 0 saturated carbocycles. The van der Waals surface area contributed by atoms with Crippen molar-refractivity contribution < 1.29 is 24.4 Å². The van der Waals surface area contributed by atoms with Crippen LogP contribution in [-0.2, 0) is 22.5 Å². The summed E-state index contributed by atoms with van der Waals surface area (Å²) in [7, 11) is -1.20. The second-order valence-corrected chi connectivity index (χ2v) is 6.70. The molecule has 1 saturated heterocycles. The van der Waals surface area contributed by atoms with E-state index in [0.29, 0.717) is 18.4 Å². The highest BCUT2D eigenvalue weighted by molar-refractivity contribution is 6.45. The third kappa shape index (κ3) is 4.59. The molecule has 0 unspecified atom stereocenters. The molecule has 1 amide bonds. The van der Waals surface area contributed by atoms with Crippen molar-refractivity contribution in [2.75, 3.05) is 0 Å². The Labute approximate surface area is 146 Å². The van der Waals surface area contributed by atoms with Gasteiger partial charge in [-0.15, -0.1) is 0 Å². The second-order valence-electron chi connectivity index (χ2n) is 6.70. The van der Waals surface area contributed by atoms with Gasteiger partial charge in [0.2, 0.25) is 0 Å². The molecule has 134 valence electrons. The van der Waals surface area contributed by atoms with E-state index in [9.17, 15) is 14.6 Å². The van der Waals surface area contributed by atoms with Crippen LogP contribution in [0.25, 0.3) is 0 Å². The first kappa shape index (κ1) is 17.9. The first-order valence-corrected chi connectivity index (χ1v) is 8.71. The number of hydrogen-bond donors (Lipinski definition) is 4. The zero-order valence-electron chi connectivity index (χ0n) is 14.0. The van der Waals surface area contributed by atoms with E-state index in [2.05, 4.69) is 10.6 Å². The SMILES string of the molecule is O=C(O)C[C@@H]1CCCC[C@H](NC(=O)c2ccc3c(c2)CNC3)B(O)O1. The van der Waals surface area contributed by atoms with Crippen molar-refractivity contribution in [2.45, 2.75) is 57.2 Å². The lowest BCUT2D eigenvalue weighted by Crippen LogP contribution is -2.50. The topological polar surface area (TPSA) is 108 Å². The summed E-state index contributed by atoms with van der Waals surface area (Å²) in [4.78, 5) is 23.4. The van der Waals surface area contributed by atoms with Crippen LogP contribution in [0.5, 0.6) is 0 Å². The summed E-state index contributed by atoms with van der Waals surface area (Å²) in [6.45, 7) is 1.57. The molecule has 1 aromatic carbocycles. The molecular formula is C17H23BN2O5. The lowest BCUT2D eigenvalue weighted by atomic mass is 9.74. The molecule has 1 aromatic rings. The molecule has 1 fully saturated rings. The molecular weight excluding hydrogens is 323 g/mol. The predicted molar refractivity (Wildman–Crippen MR) is 91.8 cm³/mol. The Balaban J connectivity index is 1.64. The molecule has 2 aliphatic rings. The number of rotatable bonds is 4. The van der Waals surface area contributed by atoms with Crippen LogP contribution in [0.15, 0.2) is 18.2 Å². The summed E-state index contributed by atoms with van der Waals surface area (Å²) in [6.07, 6.45) is 2.13. The molecule has 0 spiro atoms. The Morgan fingerprint density at radius 2 is 2.00 bits per heavy atom. The summed E-state index contributed by atoms with van der Waals surface area (Å²) >= 11 is 0. The molecule has 0 aromatic heterocycles. The number of carboxylic acids is 1. The van der Waals surface area contributed by atoms with Crippen LogP contribution in [-0.4, -0.2) is 41.2 Å². The number of fused-ring (bicyclic) bond motifs is 1.